The Morgan fingerprint density at radius 3 is 2.40 bits per heavy atom. The summed E-state index contributed by atoms with van der Waals surface area (Å²) in [7, 11) is 0. The van der Waals surface area contributed by atoms with Gasteiger partial charge in [0.2, 0.25) is 0 Å². The van der Waals surface area contributed by atoms with Crippen LogP contribution in [0.3, 0.4) is 0 Å². The SMILES string of the molecule is CC(Nc1cc(C#N)ccc1Cl)c1cc(O)cc(O)c1. The van der Waals surface area contributed by atoms with E-state index >= 15 is 0 Å². The van der Waals surface area contributed by atoms with E-state index in [0.717, 1.165) is 0 Å². The Balaban J connectivity index is 2.27. The molecule has 0 aliphatic carbocycles. The van der Waals surface area contributed by atoms with Gasteiger partial charge >= 0.3 is 0 Å². The Bertz CT molecular complexity index is 660. The zero-order chi connectivity index (χ0) is 14.7. The largest absolute Gasteiger partial charge is 0.508 e. The highest BCUT2D eigenvalue weighted by Crippen LogP contribution is 2.30. The molecule has 2 rings (SSSR count). The van der Waals surface area contributed by atoms with Gasteiger partial charge in [-0.25, -0.2) is 0 Å². The molecule has 0 radical (unpaired) electrons. The van der Waals surface area contributed by atoms with Crippen LogP contribution in [0.4, 0.5) is 5.69 Å². The van der Waals surface area contributed by atoms with Crippen molar-refractivity contribution in [3.63, 3.8) is 0 Å². The van der Waals surface area contributed by atoms with Crippen molar-refractivity contribution in [1.82, 2.24) is 0 Å². The molecule has 0 bridgehead atoms. The summed E-state index contributed by atoms with van der Waals surface area (Å²) in [6.45, 7) is 1.86. The minimum Gasteiger partial charge on any atom is -0.508 e. The second-order valence-electron chi connectivity index (χ2n) is 4.46. The number of anilines is 1. The van der Waals surface area contributed by atoms with Gasteiger partial charge in [0, 0.05) is 12.1 Å². The highest BCUT2D eigenvalue weighted by Gasteiger charge is 2.10. The Labute approximate surface area is 121 Å². The average Bonchev–Trinajstić information content (AvgIpc) is 2.40. The van der Waals surface area contributed by atoms with Crippen LogP contribution < -0.4 is 5.32 Å². The quantitative estimate of drug-likeness (QED) is 0.803. The number of phenols is 2. The molecule has 3 N–H and O–H groups in total. The number of nitrogens with zero attached hydrogens (tertiary/aromatic N) is 1. The molecule has 4 nitrogen and oxygen atoms in total. The van der Waals surface area contributed by atoms with Crippen LogP contribution in [0.2, 0.25) is 5.02 Å². The van der Waals surface area contributed by atoms with E-state index in [0.29, 0.717) is 21.8 Å². The molecule has 0 spiro atoms. The maximum atomic E-state index is 9.49. The number of hydrogen-bond donors (Lipinski definition) is 3. The van der Waals surface area contributed by atoms with E-state index in [2.05, 4.69) is 5.32 Å². The van der Waals surface area contributed by atoms with Gasteiger partial charge in [0.25, 0.3) is 0 Å². The maximum absolute atomic E-state index is 9.49. The van der Waals surface area contributed by atoms with Crippen molar-refractivity contribution in [3.8, 4) is 17.6 Å². The van der Waals surface area contributed by atoms with E-state index in [4.69, 9.17) is 16.9 Å². The van der Waals surface area contributed by atoms with Crippen LogP contribution in [0.25, 0.3) is 0 Å². The van der Waals surface area contributed by atoms with Crippen molar-refractivity contribution in [2.75, 3.05) is 5.32 Å². The van der Waals surface area contributed by atoms with Crippen LogP contribution in [0, 0.1) is 11.3 Å². The first-order chi connectivity index (χ1) is 9.49. The Hall–Kier alpha value is -2.38. The van der Waals surface area contributed by atoms with Crippen LogP contribution in [0.15, 0.2) is 36.4 Å². The number of rotatable bonds is 3. The molecule has 5 heteroatoms. The summed E-state index contributed by atoms with van der Waals surface area (Å²) in [5, 5.41) is 31.5. The number of aromatic hydroxyl groups is 2. The van der Waals surface area contributed by atoms with Crippen LogP contribution in [0.5, 0.6) is 11.5 Å². The summed E-state index contributed by atoms with van der Waals surface area (Å²) >= 11 is 6.08. The summed E-state index contributed by atoms with van der Waals surface area (Å²) in [4.78, 5) is 0. The minimum atomic E-state index is -0.195. The van der Waals surface area contributed by atoms with E-state index in [1.807, 2.05) is 13.0 Å². The van der Waals surface area contributed by atoms with Crippen LogP contribution in [0.1, 0.15) is 24.1 Å². The summed E-state index contributed by atoms with van der Waals surface area (Å²) in [5.74, 6) is -0.0176. The van der Waals surface area contributed by atoms with Gasteiger partial charge in [0.05, 0.1) is 22.3 Å². The number of benzene rings is 2. The van der Waals surface area contributed by atoms with Gasteiger partial charge in [-0.3, -0.25) is 0 Å². The molecule has 0 aliphatic rings. The number of nitriles is 1. The van der Waals surface area contributed by atoms with Gasteiger partial charge in [-0.15, -0.1) is 0 Å². The van der Waals surface area contributed by atoms with Gasteiger partial charge in [0.1, 0.15) is 11.5 Å². The van der Waals surface area contributed by atoms with Crippen molar-refractivity contribution < 1.29 is 10.2 Å². The second kappa shape index (κ2) is 5.72. The highest BCUT2D eigenvalue weighted by molar-refractivity contribution is 6.33. The van der Waals surface area contributed by atoms with Crippen LogP contribution >= 0.6 is 11.6 Å². The van der Waals surface area contributed by atoms with E-state index in [1.165, 1.54) is 6.07 Å². The van der Waals surface area contributed by atoms with Crippen LogP contribution in [-0.2, 0) is 0 Å². The third-order valence-corrected chi connectivity index (χ3v) is 3.22. The molecule has 0 saturated carbocycles. The number of halogens is 1. The standard InChI is InChI=1S/C15H13ClN2O2/c1-9(11-5-12(19)7-13(20)6-11)18-15-4-10(8-17)2-3-14(15)16/h2-7,9,18-20H,1H3. The molecule has 1 atom stereocenters. The summed E-state index contributed by atoms with van der Waals surface area (Å²) in [6.07, 6.45) is 0. The molecular weight excluding hydrogens is 276 g/mol. The minimum absolute atomic E-state index is 0.00878. The Morgan fingerprint density at radius 2 is 1.80 bits per heavy atom. The Morgan fingerprint density at radius 1 is 1.15 bits per heavy atom. The fraction of sp³-hybridized carbons (Fsp3) is 0.133. The number of phenolic OH excluding ortho intramolecular Hbond substituents is 2. The molecule has 0 fully saturated rings. The predicted molar refractivity (Wildman–Crippen MR) is 78.0 cm³/mol. The first kappa shape index (κ1) is 14.0. The van der Waals surface area contributed by atoms with E-state index in [-0.39, 0.29) is 17.5 Å². The highest BCUT2D eigenvalue weighted by atomic mass is 35.5. The molecule has 20 heavy (non-hydrogen) atoms. The maximum Gasteiger partial charge on any atom is 0.119 e. The lowest BCUT2D eigenvalue weighted by molar-refractivity contribution is 0.448. The fourth-order valence-corrected chi connectivity index (χ4v) is 2.06. The zero-order valence-corrected chi connectivity index (χ0v) is 11.5. The molecule has 2 aromatic rings. The molecule has 0 aliphatic heterocycles. The average molecular weight is 289 g/mol. The lowest BCUT2D eigenvalue weighted by Gasteiger charge is -2.17. The fourth-order valence-electron chi connectivity index (χ4n) is 1.89. The van der Waals surface area contributed by atoms with Crippen molar-refractivity contribution in [2.24, 2.45) is 0 Å². The normalized spacial score (nSPS) is 11.7. The van der Waals surface area contributed by atoms with Crippen molar-refractivity contribution >= 4 is 17.3 Å². The van der Waals surface area contributed by atoms with Gasteiger partial charge in [-0.1, -0.05) is 11.6 Å². The monoisotopic (exact) mass is 288 g/mol. The molecule has 0 aromatic heterocycles. The van der Waals surface area contributed by atoms with Gasteiger partial charge in [-0.05, 0) is 42.8 Å². The molecular formula is C15H13ClN2O2. The van der Waals surface area contributed by atoms with Gasteiger partial charge in [-0.2, -0.15) is 5.26 Å². The smallest absolute Gasteiger partial charge is 0.119 e. The summed E-state index contributed by atoms with van der Waals surface area (Å²) in [6, 6.07) is 11.2. The third-order valence-electron chi connectivity index (χ3n) is 2.89. The molecule has 2 aromatic carbocycles. The van der Waals surface area contributed by atoms with E-state index in [9.17, 15) is 10.2 Å². The first-order valence-electron chi connectivity index (χ1n) is 5.98. The summed E-state index contributed by atoms with van der Waals surface area (Å²) in [5.41, 5.74) is 1.84. The van der Waals surface area contributed by atoms with E-state index in [1.54, 1.807) is 30.3 Å². The molecule has 1 unspecified atom stereocenters. The number of hydrogen-bond acceptors (Lipinski definition) is 4. The van der Waals surface area contributed by atoms with Crippen molar-refractivity contribution in [1.29, 1.82) is 5.26 Å². The van der Waals surface area contributed by atoms with Crippen molar-refractivity contribution in [3.05, 3.63) is 52.5 Å². The van der Waals surface area contributed by atoms with Crippen molar-refractivity contribution in [2.45, 2.75) is 13.0 Å². The zero-order valence-electron chi connectivity index (χ0n) is 10.8. The molecule has 0 amide bonds. The topological polar surface area (TPSA) is 76.3 Å². The summed E-state index contributed by atoms with van der Waals surface area (Å²) < 4.78 is 0. The second-order valence-corrected chi connectivity index (χ2v) is 4.86. The molecule has 0 saturated heterocycles. The van der Waals surface area contributed by atoms with Crippen LogP contribution in [-0.4, -0.2) is 10.2 Å². The first-order valence-corrected chi connectivity index (χ1v) is 6.36. The predicted octanol–water partition coefficient (Wildman–Crippen LogP) is 3.80. The third kappa shape index (κ3) is 3.14. The van der Waals surface area contributed by atoms with E-state index < -0.39 is 0 Å². The Kier molecular flexibility index (Phi) is 4.02. The lowest BCUT2D eigenvalue weighted by atomic mass is 10.1. The van der Waals surface area contributed by atoms with Gasteiger partial charge < -0.3 is 15.5 Å². The molecule has 102 valence electrons. The lowest BCUT2D eigenvalue weighted by Crippen LogP contribution is -2.07. The van der Waals surface area contributed by atoms with Gasteiger partial charge in [0.15, 0.2) is 0 Å². The number of nitrogens with one attached hydrogen (secondary N) is 1. The molecule has 0 heterocycles.